The fraction of sp³-hybridized carbons (Fsp3) is 0.385. The summed E-state index contributed by atoms with van der Waals surface area (Å²) >= 11 is 3.28. The molecule has 3 rings (SSSR count). The van der Waals surface area contributed by atoms with Crippen molar-refractivity contribution >= 4 is 21.5 Å². The normalized spacial score (nSPS) is 26.5. The molecule has 0 radical (unpaired) electrons. The molecule has 0 amide bonds. The molecule has 4 heteroatoms. The Kier molecular flexibility index (Phi) is 2.73. The van der Waals surface area contributed by atoms with Crippen LogP contribution in [0.1, 0.15) is 24.0 Å². The Morgan fingerprint density at radius 1 is 1.53 bits per heavy atom. The molecule has 1 saturated heterocycles. The van der Waals surface area contributed by atoms with Crippen LogP contribution in [0.2, 0.25) is 0 Å². The van der Waals surface area contributed by atoms with Crippen molar-refractivity contribution in [1.82, 2.24) is 10.3 Å². The van der Waals surface area contributed by atoms with Gasteiger partial charge in [-0.05, 0) is 51.9 Å². The van der Waals surface area contributed by atoms with Gasteiger partial charge in [-0.3, -0.25) is 0 Å². The molecule has 3 nitrogen and oxygen atoms in total. The molecule has 1 aliphatic carbocycles. The maximum Gasteiger partial charge on any atom is 0.123 e. The highest BCUT2D eigenvalue weighted by Gasteiger charge is 2.31. The van der Waals surface area contributed by atoms with Crippen LogP contribution in [0.15, 0.2) is 22.9 Å². The van der Waals surface area contributed by atoms with Gasteiger partial charge in [0.1, 0.15) is 10.7 Å². The van der Waals surface area contributed by atoms with Crippen molar-refractivity contribution in [3.05, 3.63) is 34.1 Å². The molecule has 1 aromatic heterocycles. The third-order valence-electron chi connectivity index (χ3n) is 3.62. The largest absolute Gasteiger partial charge is 0.310 e. The summed E-state index contributed by atoms with van der Waals surface area (Å²) in [5, 5.41) is 12.4. The van der Waals surface area contributed by atoms with Crippen molar-refractivity contribution < 1.29 is 0 Å². The maximum atomic E-state index is 8.99. The van der Waals surface area contributed by atoms with E-state index in [1.165, 1.54) is 12.0 Å². The number of halogens is 1. The van der Waals surface area contributed by atoms with Crippen molar-refractivity contribution in [3.8, 4) is 6.07 Å². The highest BCUT2D eigenvalue weighted by molar-refractivity contribution is 9.10. The van der Waals surface area contributed by atoms with Crippen molar-refractivity contribution in [2.45, 2.75) is 18.9 Å². The zero-order valence-electron chi connectivity index (χ0n) is 9.28. The molecule has 2 heterocycles. The summed E-state index contributed by atoms with van der Waals surface area (Å²) < 4.78 is 0.625. The minimum atomic E-state index is 0.535. The van der Waals surface area contributed by atoms with Gasteiger partial charge in [0.15, 0.2) is 0 Å². The predicted octanol–water partition coefficient (Wildman–Crippen LogP) is 2.48. The van der Waals surface area contributed by atoms with Gasteiger partial charge in [-0.2, -0.15) is 5.26 Å². The van der Waals surface area contributed by atoms with Crippen molar-refractivity contribution in [2.24, 2.45) is 5.92 Å². The Morgan fingerprint density at radius 2 is 2.41 bits per heavy atom. The molecular formula is C13H12BrN3. The van der Waals surface area contributed by atoms with Gasteiger partial charge in [-0.25, -0.2) is 4.98 Å². The molecule has 2 atom stereocenters. The Hall–Kier alpha value is -1.18. The summed E-state index contributed by atoms with van der Waals surface area (Å²) in [5.74, 6) is 0.817. The Bertz CT molecular complexity index is 530. The first-order valence-corrected chi connectivity index (χ1v) is 6.57. The molecule has 1 aromatic rings. The van der Waals surface area contributed by atoms with Crippen LogP contribution in [-0.2, 0) is 0 Å². The lowest BCUT2D eigenvalue weighted by Crippen LogP contribution is -2.52. The topological polar surface area (TPSA) is 48.7 Å². The molecule has 0 bridgehead atoms. The fourth-order valence-corrected chi connectivity index (χ4v) is 2.79. The molecule has 1 fully saturated rings. The summed E-state index contributed by atoms with van der Waals surface area (Å²) in [6.45, 7) is 1.15. The second-order valence-corrected chi connectivity index (χ2v) is 5.35. The number of fused-ring (bicyclic) bond motifs is 1. The number of hydrogen-bond donors (Lipinski definition) is 1. The van der Waals surface area contributed by atoms with Gasteiger partial charge in [-0.1, -0.05) is 6.08 Å². The number of aromatic nitrogens is 1. The van der Waals surface area contributed by atoms with Crippen LogP contribution >= 0.6 is 15.9 Å². The minimum absolute atomic E-state index is 0.535. The van der Waals surface area contributed by atoms with Crippen molar-refractivity contribution in [3.63, 3.8) is 0 Å². The van der Waals surface area contributed by atoms with Gasteiger partial charge >= 0.3 is 0 Å². The molecule has 2 aliphatic rings. The quantitative estimate of drug-likeness (QED) is 0.808. The molecule has 1 N–H and O–H groups in total. The maximum absolute atomic E-state index is 8.99. The van der Waals surface area contributed by atoms with Crippen LogP contribution < -0.4 is 5.32 Å². The van der Waals surface area contributed by atoms with Gasteiger partial charge in [0.2, 0.25) is 0 Å². The molecule has 0 unspecified atom stereocenters. The van der Waals surface area contributed by atoms with Crippen LogP contribution in [0, 0.1) is 17.2 Å². The third kappa shape index (κ3) is 1.90. The van der Waals surface area contributed by atoms with Crippen molar-refractivity contribution in [2.75, 3.05) is 6.54 Å². The van der Waals surface area contributed by atoms with Gasteiger partial charge in [0, 0.05) is 18.8 Å². The predicted molar refractivity (Wildman–Crippen MR) is 69.1 cm³/mol. The fourth-order valence-electron chi connectivity index (χ4n) is 2.48. The first-order chi connectivity index (χ1) is 8.28. The lowest BCUT2D eigenvalue weighted by molar-refractivity contribution is 0.256. The minimum Gasteiger partial charge on any atom is -0.310 e. The SMILES string of the molecule is N#Cc1cc(C2=C[C@@H]3NC[C@@H]3CC2)cnc1Br. The molecular weight excluding hydrogens is 278 g/mol. The number of nitriles is 1. The summed E-state index contributed by atoms with van der Waals surface area (Å²) in [4.78, 5) is 4.22. The van der Waals surface area contributed by atoms with E-state index in [1.807, 2.05) is 12.3 Å². The standard InChI is InChI=1S/C13H12BrN3/c14-13-10(5-15)3-11(7-17-13)8-1-2-9-6-16-12(9)4-8/h3-4,7,9,12,16H,1-2,6H2/t9-,12-/m0/s1. The number of nitrogens with zero attached hydrogens (tertiary/aromatic N) is 2. The number of nitrogens with one attached hydrogen (secondary N) is 1. The molecule has 0 aromatic carbocycles. The number of allylic oxidation sites excluding steroid dienone is 1. The van der Waals surface area contributed by atoms with E-state index in [2.05, 4.69) is 38.4 Å². The molecule has 86 valence electrons. The summed E-state index contributed by atoms with van der Waals surface area (Å²) in [7, 11) is 0. The Morgan fingerprint density at radius 3 is 3.06 bits per heavy atom. The highest BCUT2D eigenvalue weighted by atomic mass is 79.9. The highest BCUT2D eigenvalue weighted by Crippen LogP contribution is 2.34. The third-order valence-corrected chi connectivity index (χ3v) is 4.25. The number of rotatable bonds is 1. The van der Waals surface area contributed by atoms with Crippen molar-refractivity contribution in [1.29, 1.82) is 5.26 Å². The second-order valence-electron chi connectivity index (χ2n) is 4.60. The van der Waals surface area contributed by atoms with E-state index in [1.54, 1.807) is 0 Å². The van der Waals surface area contributed by atoms with E-state index in [0.29, 0.717) is 16.2 Å². The number of pyridine rings is 1. The van der Waals surface area contributed by atoms with Crippen LogP contribution in [0.4, 0.5) is 0 Å². The molecule has 0 saturated carbocycles. The summed E-state index contributed by atoms with van der Waals surface area (Å²) in [6.07, 6.45) is 6.47. The monoisotopic (exact) mass is 289 g/mol. The molecule has 17 heavy (non-hydrogen) atoms. The summed E-state index contributed by atoms with van der Waals surface area (Å²) in [6, 6.07) is 4.61. The van der Waals surface area contributed by atoms with Gasteiger partial charge in [-0.15, -0.1) is 0 Å². The summed E-state index contributed by atoms with van der Waals surface area (Å²) in [5.41, 5.74) is 3.00. The number of hydrogen-bond acceptors (Lipinski definition) is 3. The second kappa shape index (κ2) is 4.25. The van der Waals surface area contributed by atoms with Crippen LogP contribution in [0.5, 0.6) is 0 Å². The van der Waals surface area contributed by atoms with Crippen LogP contribution in [0.3, 0.4) is 0 Å². The smallest absolute Gasteiger partial charge is 0.123 e. The van der Waals surface area contributed by atoms with E-state index < -0.39 is 0 Å². The molecule has 0 spiro atoms. The van der Waals surface area contributed by atoms with E-state index in [0.717, 1.165) is 24.4 Å². The van der Waals surface area contributed by atoms with E-state index >= 15 is 0 Å². The van der Waals surface area contributed by atoms with E-state index in [-0.39, 0.29) is 0 Å². The van der Waals surface area contributed by atoms with E-state index in [4.69, 9.17) is 5.26 Å². The molecule has 1 aliphatic heterocycles. The average Bonchev–Trinajstić information content (AvgIpc) is 2.32. The van der Waals surface area contributed by atoms with Crippen LogP contribution in [0.25, 0.3) is 5.57 Å². The zero-order valence-corrected chi connectivity index (χ0v) is 10.9. The zero-order chi connectivity index (χ0) is 11.8. The Labute approximate surface area is 109 Å². The van der Waals surface area contributed by atoms with Gasteiger partial charge in [0.05, 0.1) is 5.56 Å². The average molecular weight is 290 g/mol. The van der Waals surface area contributed by atoms with E-state index in [9.17, 15) is 0 Å². The first kappa shape index (κ1) is 10.9. The first-order valence-electron chi connectivity index (χ1n) is 5.78. The van der Waals surface area contributed by atoms with Gasteiger partial charge in [0.25, 0.3) is 0 Å². The van der Waals surface area contributed by atoms with Gasteiger partial charge < -0.3 is 5.32 Å². The lowest BCUT2D eigenvalue weighted by Gasteiger charge is -2.40. The lowest BCUT2D eigenvalue weighted by atomic mass is 9.79. The van der Waals surface area contributed by atoms with Crippen LogP contribution in [-0.4, -0.2) is 17.6 Å². The Balaban J connectivity index is 1.94.